The van der Waals surface area contributed by atoms with Crippen molar-refractivity contribution in [3.05, 3.63) is 65.7 Å². The smallest absolute Gasteiger partial charge is 0.131 e. The number of ether oxygens (including phenoxy) is 1. The van der Waals surface area contributed by atoms with Crippen molar-refractivity contribution in [1.29, 1.82) is 0 Å². The Morgan fingerprint density at radius 2 is 1.81 bits per heavy atom. The molecule has 16 heavy (non-hydrogen) atoms. The van der Waals surface area contributed by atoms with Crippen LogP contribution in [0.3, 0.4) is 0 Å². The number of hydrogen-bond donors (Lipinski definition) is 0. The summed E-state index contributed by atoms with van der Waals surface area (Å²) in [4.78, 5) is 0. The zero-order valence-corrected chi connectivity index (χ0v) is 8.94. The molecule has 1 nitrogen and oxygen atoms in total. The van der Waals surface area contributed by atoms with Gasteiger partial charge in [-0.1, -0.05) is 36.9 Å². The molecule has 0 unspecified atom stereocenters. The summed E-state index contributed by atoms with van der Waals surface area (Å²) in [5, 5.41) is 0. The quantitative estimate of drug-likeness (QED) is 0.586. The molecule has 0 saturated heterocycles. The molecule has 2 aromatic rings. The average Bonchev–Trinajstić information content (AvgIpc) is 2.35. The van der Waals surface area contributed by atoms with E-state index in [1.807, 2.05) is 36.4 Å². The molecule has 1 heterocycles. The highest BCUT2D eigenvalue weighted by Gasteiger charge is 2.15. The van der Waals surface area contributed by atoms with E-state index in [0.717, 1.165) is 23.5 Å². The van der Waals surface area contributed by atoms with Crippen molar-refractivity contribution in [3.8, 4) is 11.5 Å². The van der Waals surface area contributed by atoms with Gasteiger partial charge in [0.05, 0.1) is 0 Å². The molecule has 0 saturated carbocycles. The summed E-state index contributed by atoms with van der Waals surface area (Å²) in [7, 11) is 0. The van der Waals surface area contributed by atoms with E-state index in [4.69, 9.17) is 4.74 Å². The number of rotatable bonds is 1. The fourth-order valence-corrected chi connectivity index (χ4v) is 2.04. The number of para-hydroxylation sites is 1. The van der Waals surface area contributed by atoms with Crippen LogP contribution in [0.15, 0.2) is 49.0 Å². The van der Waals surface area contributed by atoms with E-state index in [0.29, 0.717) is 0 Å². The van der Waals surface area contributed by atoms with Crippen molar-refractivity contribution in [1.82, 2.24) is 0 Å². The predicted molar refractivity (Wildman–Crippen MR) is 65.9 cm³/mol. The van der Waals surface area contributed by atoms with Gasteiger partial charge in [-0.25, -0.2) is 0 Å². The molecule has 0 atom stereocenters. The first-order chi connectivity index (χ1) is 7.86. The van der Waals surface area contributed by atoms with Gasteiger partial charge in [-0.3, -0.25) is 0 Å². The van der Waals surface area contributed by atoms with Gasteiger partial charge >= 0.3 is 0 Å². The van der Waals surface area contributed by atoms with Crippen molar-refractivity contribution in [2.45, 2.75) is 6.42 Å². The normalized spacial score (nSPS) is 12.2. The Labute approximate surface area is 95.0 Å². The first kappa shape index (κ1) is 9.22. The van der Waals surface area contributed by atoms with Gasteiger partial charge in [-0.2, -0.15) is 0 Å². The molecule has 0 aromatic heterocycles. The molecule has 0 aliphatic carbocycles. The van der Waals surface area contributed by atoms with Crippen LogP contribution in [-0.2, 0) is 6.42 Å². The largest absolute Gasteiger partial charge is 0.457 e. The third-order valence-corrected chi connectivity index (χ3v) is 2.89. The molecule has 78 valence electrons. The Morgan fingerprint density at radius 3 is 2.69 bits per heavy atom. The molecule has 0 bridgehead atoms. The number of hydrogen-bond acceptors (Lipinski definition) is 1. The average molecular weight is 208 g/mol. The molecular weight excluding hydrogens is 196 g/mol. The minimum atomic E-state index is 0.938. The van der Waals surface area contributed by atoms with Crippen LogP contribution in [0.25, 0.3) is 6.08 Å². The van der Waals surface area contributed by atoms with Crippen LogP contribution in [0, 0.1) is 0 Å². The van der Waals surface area contributed by atoms with Crippen molar-refractivity contribution >= 4 is 6.08 Å². The Balaban J connectivity index is 2.08. The molecule has 0 fully saturated rings. The summed E-state index contributed by atoms with van der Waals surface area (Å²) >= 11 is 0. The van der Waals surface area contributed by atoms with Gasteiger partial charge in [0.1, 0.15) is 11.5 Å². The van der Waals surface area contributed by atoms with Gasteiger partial charge in [-0.05, 0) is 34.9 Å². The van der Waals surface area contributed by atoms with E-state index in [9.17, 15) is 0 Å². The molecule has 0 spiro atoms. The first-order valence-electron chi connectivity index (χ1n) is 5.38. The maximum atomic E-state index is 5.84. The van der Waals surface area contributed by atoms with Crippen LogP contribution in [0.1, 0.15) is 16.7 Å². The molecule has 0 N–H and O–H groups in total. The zero-order valence-electron chi connectivity index (χ0n) is 8.94. The van der Waals surface area contributed by atoms with E-state index in [1.165, 1.54) is 11.1 Å². The van der Waals surface area contributed by atoms with Crippen LogP contribution < -0.4 is 4.74 Å². The fourth-order valence-electron chi connectivity index (χ4n) is 2.04. The molecule has 0 amide bonds. The lowest BCUT2D eigenvalue weighted by Crippen LogP contribution is -2.02. The monoisotopic (exact) mass is 208 g/mol. The molecule has 3 rings (SSSR count). The van der Waals surface area contributed by atoms with Crippen LogP contribution in [0.5, 0.6) is 11.5 Å². The Kier molecular flexibility index (Phi) is 2.03. The lowest BCUT2D eigenvalue weighted by Gasteiger charge is -2.20. The zero-order chi connectivity index (χ0) is 11.0. The second-order valence-electron chi connectivity index (χ2n) is 3.96. The minimum Gasteiger partial charge on any atom is -0.457 e. The summed E-state index contributed by atoms with van der Waals surface area (Å²) in [5.74, 6) is 1.94. The second-order valence-corrected chi connectivity index (χ2v) is 3.96. The van der Waals surface area contributed by atoms with E-state index in [1.54, 1.807) is 0 Å². The van der Waals surface area contributed by atoms with Crippen LogP contribution >= 0.6 is 0 Å². The molecular formula is C15H12O. The second kappa shape index (κ2) is 3.53. The van der Waals surface area contributed by atoms with Crippen molar-refractivity contribution in [3.63, 3.8) is 0 Å². The maximum absolute atomic E-state index is 5.84. The summed E-state index contributed by atoms with van der Waals surface area (Å²) in [6.07, 6.45) is 2.80. The van der Waals surface area contributed by atoms with E-state index >= 15 is 0 Å². The highest BCUT2D eigenvalue weighted by atomic mass is 16.5. The summed E-state index contributed by atoms with van der Waals surface area (Å²) in [6, 6.07) is 14.4. The molecule has 1 aliphatic rings. The van der Waals surface area contributed by atoms with Gasteiger partial charge in [0.15, 0.2) is 0 Å². The number of fused-ring (bicyclic) bond motifs is 2. The standard InChI is InChI=1S/C15H12O/c1-2-11-7-8-15-13(9-11)10-12-5-3-4-6-14(12)16-15/h2-9H,1,10H2. The predicted octanol–water partition coefficient (Wildman–Crippen LogP) is 4.03. The van der Waals surface area contributed by atoms with E-state index in [2.05, 4.69) is 18.7 Å². The summed E-state index contributed by atoms with van der Waals surface area (Å²) in [6.45, 7) is 3.78. The minimum absolute atomic E-state index is 0.938. The SMILES string of the molecule is C=Cc1ccc2c(c1)Cc1ccccc1O2. The first-order valence-corrected chi connectivity index (χ1v) is 5.38. The summed E-state index contributed by atoms with van der Waals surface area (Å²) in [5.41, 5.74) is 3.62. The molecule has 0 radical (unpaired) electrons. The Morgan fingerprint density at radius 1 is 1.00 bits per heavy atom. The molecule has 2 aromatic carbocycles. The third-order valence-electron chi connectivity index (χ3n) is 2.89. The van der Waals surface area contributed by atoms with Gasteiger partial charge < -0.3 is 4.74 Å². The van der Waals surface area contributed by atoms with Gasteiger partial charge in [0, 0.05) is 6.42 Å². The van der Waals surface area contributed by atoms with Crippen LogP contribution in [0.4, 0.5) is 0 Å². The van der Waals surface area contributed by atoms with Gasteiger partial charge in [0.2, 0.25) is 0 Å². The topological polar surface area (TPSA) is 9.23 Å². The lowest BCUT2D eigenvalue weighted by molar-refractivity contribution is 0.460. The van der Waals surface area contributed by atoms with Crippen molar-refractivity contribution < 1.29 is 4.74 Å². The highest BCUT2D eigenvalue weighted by molar-refractivity contribution is 5.56. The van der Waals surface area contributed by atoms with E-state index in [-0.39, 0.29) is 0 Å². The van der Waals surface area contributed by atoms with Crippen LogP contribution in [-0.4, -0.2) is 0 Å². The third kappa shape index (κ3) is 1.41. The number of benzene rings is 2. The van der Waals surface area contributed by atoms with Crippen molar-refractivity contribution in [2.75, 3.05) is 0 Å². The van der Waals surface area contributed by atoms with Gasteiger partial charge in [-0.15, -0.1) is 0 Å². The Hall–Kier alpha value is -2.02. The molecule has 1 heteroatoms. The van der Waals surface area contributed by atoms with Gasteiger partial charge in [0.25, 0.3) is 0 Å². The van der Waals surface area contributed by atoms with Crippen molar-refractivity contribution in [2.24, 2.45) is 0 Å². The van der Waals surface area contributed by atoms with E-state index < -0.39 is 0 Å². The maximum Gasteiger partial charge on any atom is 0.131 e. The summed E-state index contributed by atoms with van der Waals surface area (Å²) < 4.78 is 5.84. The van der Waals surface area contributed by atoms with Crippen LogP contribution in [0.2, 0.25) is 0 Å². The fraction of sp³-hybridized carbons (Fsp3) is 0.0667. The molecule has 1 aliphatic heterocycles. The lowest BCUT2D eigenvalue weighted by atomic mass is 9.99. The Bertz CT molecular complexity index is 555. The highest BCUT2D eigenvalue weighted by Crippen LogP contribution is 2.36.